The average molecular weight is 346 g/mol. The molecule has 2 aromatic heterocycles. The summed E-state index contributed by atoms with van der Waals surface area (Å²) in [6, 6.07) is -0.103. The molecule has 0 amide bonds. The molecule has 0 spiro atoms. The highest BCUT2D eigenvalue weighted by molar-refractivity contribution is 5.88. The fourth-order valence-electron chi connectivity index (χ4n) is 3.33. The van der Waals surface area contributed by atoms with Crippen LogP contribution in [-0.2, 0) is 13.6 Å². The van der Waals surface area contributed by atoms with Gasteiger partial charge in [0.05, 0.1) is 11.9 Å². The minimum absolute atomic E-state index is 0.0507. The summed E-state index contributed by atoms with van der Waals surface area (Å²) in [7, 11) is 1.76. The Hall–Kier alpha value is -2.32. The van der Waals surface area contributed by atoms with Crippen molar-refractivity contribution in [3.05, 3.63) is 29.3 Å². The predicted octanol–water partition coefficient (Wildman–Crippen LogP) is 1.57. The summed E-state index contributed by atoms with van der Waals surface area (Å²) in [5.41, 5.74) is 13.2. The van der Waals surface area contributed by atoms with Gasteiger partial charge in [0.1, 0.15) is 0 Å². The zero-order chi connectivity index (χ0) is 18.0. The molecule has 1 fully saturated rings. The fraction of sp³-hybridized carbons (Fsp3) is 0.471. The third-order valence-corrected chi connectivity index (χ3v) is 4.72. The Morgan fingerprint density at radius 1 is 1.44 bits per heavy atom. The number of pyridine rings is 1. The molecule has 2 heterocycles. The van der Waals surface area contributed by atoms with Crippen LogP contribution in [0, 0.1) is 5.82 Å². The van der Waals surface area contributed by atoms with Crippen molar-refractivity contribution in [3.8, 4) is 11.3 Å². The second kappa shape index (κ2) is 7.28. The van der Waals surface area contributed by atoms with E-state index in [1.807, 2.05) is 0 Å². The van der Waals surface area contributed by atoms with Crippen molar-refractivity contribution >= 4 is 12.1 Å². The van der Waals surface area contributed by atoms with Gasteiger partial charge in [0, 0.05) is 48.6 Å². The number of aldehydes is 1. The molecule has 134 valence electrons. The van der Waals surface area contributed by atoms with Crippen LogP contribution in [-0.4, -0.2) is 33.1 Å². The number of carbonyl (C=O) groups excluding carboxylic acids is 1. The topological polar surface area (TPSA) is 112 Å². The van der Waals surface area contributed by atoms with Crippen molar-refractivity contribution in [2.75, 3.05) is 5.32 Å². The highest BCUT2D eigenvalue weighted by Crippen LogP contribution is 2.30. The number of nitrogens with zero attached hydrogens (tertiary/aromatic N) is 3. The number of anilines is 1. The number of aryl methyl sites for hydroxylation is 1. The molecule has 3 rings (SSSR count). The van der Waals surface area contributed by atoms with Gasteiger partial charge in [-0.1, -0.05) is 12.8 Å². The van der Waals surface area contributed by atoms with Gasteiger partial charge < -0.3 is 16.8 Å². The van der Waals surface area contributed by atoms with E-state index < -0.39 is 5.82 Å². The standard InChI is InChI=1S/C17H23FN6O/c1-24-8-10(7-21-24)16-12(9-25)11(6-19)15(18)17(23-16)22-14-5-3-2-4-13(14)20/h7-9,13-14H,2-6,19-20H2,1H3,(H,22,23)/t13-,14+/m0/s1. The number of hydrogen-bond acceptors (Lipinski definition) is 6. The molecule has 2 aromatic rings. The molecule has 5 N–H and O–H groups in total. The van der Waals surface area contributed by atoms with Gasteiger partial charge in [-0.25, -0.2) is 9.37 Å². The van der Waals surface area contributed by atoms with E-state index in [-0.39, 0.29) is 35.6 Å². The molecule has 2 atom stereocenters. The van der Waals surface area contributed by atoms with E-state index in [1.165, 1.54) is 0 Å². The number of nitrogens with one attached hydrogen (secondary N) is 1. The van der Waals surface area contributed by atoms with Crippen molar-refractivity contribution in [2.24, 2.45) is 18.5 Å². The zero-order valence-electron chi connectivity index (χ0n) is 14.2. The predicted molar refractivity (Wildman–Crippen MR) is 93.5 cm³/mol. The summed E-state index contributed by atoms with van der Waals surface area (Å²) in [6.45, 7) is -0.0961. The van der Waals surface area contributed by atoms with Crippen molar-refractivity contribution < 1.29 is 9.18 Å². The Labute approximate surface area is 145 Å². The van der Waals surface area contributed by atoms with E-state index in [0.717, 1.165) is 25.7 Å². The van der Waals surface area contributed by atoms with Crippen LogP contribution in [0.1, 0.15) is 41.6 Å². The highest BCUT2D eigenvalue weighted by Gasteiger charge is 2.26. The molecule has 25 heavy (non-hydrogen) atoms. The minimum Gasteiger partial charge on any atom is -0.363 e. The lowest BCUT2D eigenvalue weighted by atomic mass is 9.91. The van der Waals surface area contributed by atoms with E-state index in [4.69, 9.17) is 11.5 Å². The van der Waals surface area contributed by atoms with E-state index in [2.05, 4.69) is 15.4 Å². The van der Waals surface area contributed by atoms with Gasteiger partial charge in [0.25, 0.3) is 0 Å². The van der Waals surface area contributed by atoms with Crippen LogP contribution >= 0.6 is 0 Å². The Kier molecular flexibility index (Phi) is 5.10. The third-order valence-electron chi connectivity index (χ3n) is 4.72. The Morgan fingerprint density at radius 2 is 2.20 bits per heavy atom. The molecule has 0 aliphatic heterocycles. The molecule has 0 bridgehead atoms. The Balaban J connectivity index is 2.07. The Bertz CT molecular complexity index is 775. The molecule has 0 saturated heterocycles. The molecular weight excluding hydrogens is 323 g/mol. The first kappa shape index (κ1) is 17.5. The SMILES string of the molecule is Cn1cc(-c2nc(N[C@@H]3CCCC[C@@H]3N)c(F)c(CN)c2C=O)cn1. The van der Waals surface area contributed by atoms with Gasteiger partial charge >= 0.3 is 0 Å². The van der Waals surface area contributed by atoms with Gasteiger partial charge in [-0.3, -0.25) is 9.48 Å². The smallest absolute Gasteiger partial charge is 0.170 e. The average Bonchev–Trinajstić information content (AvgIpc) is 3.04. The number of rotatable bonds is 5. The lowest BCUT2D eigenvalue weighted by molar-refractivity contribution is 0.112. The van der Waals surface area contributed by atoms with Crippen molar-refractivity contribution in [2.45, 2.75) is 44.3 Å². The molecule has 0 aromatic carbocycles. The van der Waals surface area contributed by atoms with Gasteiger partial charge in [0.2, 0.25) is 0 Å². The van der Waals surface area contributed by atoms with Crippen LogP contribution in [0.25, 0.3) is 11.3 Å². The Morgan fingerprint density at radius 3 is 2.80 bits per heavy atom. The second-order valence-electron chi connectivity index (χ2n) is 6.44. The lowest BCUT2D eigenvalue weighted by Crippen LogP contribution is -2.43. The van der Waals surface area contributed by atoms with Gasteiger partial charge in [-0.05, 0) is 12.8 Å². The summed E-state index contributed by atoms with van der Waals surface area (Å²) in [6.07, 6.45) is 7.78. The number of nitrogens with two attached hydrogens (primary N) is 2. The summed E-state index contributed by atoms with van der Waals surface area (Å²) in [5, 5.41) is 7.23. The van der Waals surface area contributed by atoms with Gasteiger partial charge in [-0.15, -0.1) is 0 Å². The van der Waals surface area contributed by atoms with Gasteiger partial charge in [0.15, 0.2) is 17.9 Å². The van der Waals surface area contributed by atoms with Crippen LogP contribution in [0.3, 0.4) is 0 Å². The maximum absolute atomic E-state index is 14.9. The first-order valence-corrected chi connectivity index (χ1v) is 8.44. The maximum Gasteiger partial charge on any atom is 0.170 e. The first-order valence-electron chi connectivity index (χ1n) is 8.44. The normalized spacial score (nSPS) is 20.5. The quantitative estimate of drug-likeness (QED) is 0.709. The van der Waals surface area contributed by atoms with Crippen molar-refractivity contribution in [1.29, 1.82) is 0 Å². The number of hydrogen-bond donors (Lipinski definition) is 3. The van der Waals surface area contributed by atoms with Crippen LogP contribution in [0.4, 0.5) is 10.2 Å². The molecule has 0 unspecified atom stereocenters. The number of carbonyl (C=O) groups is 1. The van der Waals surface area contributed by atoms with Crippen LogP contribution in [0.15, 0.2) is 12.4 Å². The molecule has 1 aliphatic rings. The van der Waals surface area contributed by atoms with Crippen molar-refractivity contribution in [1.82, 2.24) is 14.8 Å². The maximum atomic E-state index is 14.9. The van der Waals surface area contributed by atoms with Gasteiger partial charge in [-0.2, -0.15) is 5.10 Å². The molecule has 8 heteroatoms. The molecule has 1 aliphatic carbocycles. The van der Waals surface area contributed by atoms with E-state index in [9.17, 15) is 9.18 Å². The number of aromatic nitrogens is 3. The van der Waals surface area contributed by atoms with Crippen LogP contribution < -0.4 is 16.8 Å². The zero-order valence-corrected chi connectivity index (χ0v) is 14.2. The molecule has 7 nitrogen and oxygen atoms in total. The summed E-state index contributed by atoms with van der Waals surface area (Å²) >= 11 is 0. The van der Waals surface area contributed by atoms with Crippen LogP contribution in [0.2, 0.25) is 0 Å². The summed E-state index contributed by atoms with van der Waals surface area (Å²) in [5.74, 6) is -0.498. The van der Waals surface area contributed by atoms with E-state index in [0.29, 0.717) is 17.5 Å². The molecule has 0 radical (unpaired) electrons. The van der Waals surface area contributed by atoms with E-state index >= 15 is 0 Å². The fourth-order valence-corrected chi connectivity index (χ4v) is 3.33. The minimum atomic E-state index is -0.588. The third kappa shape index (κ3) is 3.40. The first-order chi connectivity index (χ1) is 12.0. The van der Waals surface area contributed by atoms with Crippen molar-refractivity contribution in [3.63, 3.8) is 0 Å². The van der Waals surface area contributed by atoms with E-state index in [1.54, 1.807) is 24.1 Å². The largest absolute Gasteiger partial charge is 0.363 e. The molecule has 1 saturated carbocycles. The monoisotopic (exact) mass is 346 g/mol. The van der Waals surface area contributed by atoms with Crippen LogP contribution in [0.5, 0.6) is 0 Å². The summed E-state index contributed by atoms with van der Waals surface area (Å²) in [4.78, 5) is 15.9. The molecular formula is C17H23FN6O. The highest BCUT2D eigenvalue weighted by atomic mass is 19.1. The summed E-state index contributed by atoms with van der Waals surface area (Å²) < 4.78 is 16.5. The lowest BCUT2D eigenvalue weighted by Gasteiger charge is -2.30. The second-order valence-corrected chi connectivity index (χ2v) is 6.44. The number of halogens is 1.